The molecule has 1 aromatic carbocycles. The number of thioether (sulfide) groups is 1. The van der Waals surface area contributed by atoms with Crippen LogP contribution in [-0.2, 0) is 19.9 Å². The summed E-state index contributed by atoms with van der Waals surface area (Å²) < 4.78 is 0. The SMILES string of the molecule is CSCC[C@@H]1[NH2+][C@@]2(C(=O)N(C)c3ccccc32)[C@@H]2C(=O)N(C(C)C)C(=O)[C@@H]12. The zero-order chi connectivity index (χ0) is 19.5. The van der Waals surface area contributed by atoms with Gasteiger partial charge in [-0.3, -0.25) is 19.3 Å². The molecule has 2 fully saturated rings. The number of imide groups is 1. The molecule has 144 valence electrons. The molecule has 1 aromatic rings. The molecular weight excluding hydrogens is 362 g/mol. The number of benzene rings is 1. The molecule has 3 amide bonds. The maximum absolute atomic E-state index is 13.5. The lowest BCUT2D eigenvalue weighted by Gasteiger charge is -2.28. The standard InChI is InChI=1S/C20H25N3O3S/c1-11(2)23-17(24)15-13(9-10-27-4)21-20(16(15)18(23)25)12-7-5-6-8-14(12)22(3)19(20)26/h5-8,11,13,15-16,21H,9-10H2,1-4H3/p+1/t13-,15-,16-,20+/m0/s1. The molecule has 7 heteroatoms. The molecule has 2 saturated heterocycles. The number of amides is 3. The summed E-state index contributed by atoms with van der Waals surface area (Å²) in [7, 11) is 1.76. The lowest BCUT2D eigenvalue weighted by Crippen LogP contribution is -2.99. The quantitative estimate of drug-likeness (QED) is 0.765. The molecule has 0 aromatic heterocycles. The smallest absolute Gasteiger partial charge is 0.293 e. The van der Waals surface area contributed by atoms with Gasteiger partial charge < -0.3 is 10.2 Å². The van der Waals surface area contributed by atoms with Crippen molar-refractivity contribution in [3.63, 3.8) is 0 Å². The summed E-state index contributed by atoms with van der Waals surface area (Å²) in [6.07, 6.45) is 2.84. The average Bonchev–Trinajstić information content (AvgIpc) is 3.20. The van der Waals surface area contributed by atoms with E-state index >= 15 is 0 Å². The number of nitrogens with two attached hydrogens (primary N) is 1. The second-order valence-electron chi connectivity index (χ2n) is 8.01. The molecule has 6 nitrogen and oxygen atoms in total. The first kappa shape index (κ1) is 18.5. The zero-order valence-corrected chi connectivity index (χ0v) is 17.0. The molecule has 3 aliphatic heterocycles. The van der Waals surface area contributed by atoms with E-state index in [2.05, 4.69) is 0 Å². The van der Waals surface area contributed by atoms with Crippen LogP contribution in [0.5, 0.6) is 0 Å². The van der Waals surface area contributed by atoms with E-state index in [1.165, 1.54) is 4.90 Å². The molecule has 0 radical (unpaired) electrons. The Balaban J connectivity index is 1.88. The van der Waals surface area contributed by atoms with Crippen LogP contribution in [-0.4, -0.2) is 53.8 Å². The molecule has 0 saturated carbocycles. The molecule has 0 aliphatic carbocycles. The fourth-order valence-electron chi connectivity index (χ4n) is 5.27. The molecule has 0 unspecified atom stereocenters. The molecule has 0 bridgehead atoms. The topological polar surface area (TPSA) is 74.3 Å². The van der Waals surface area contributed by atoms with Gasteiger partial charge in [-0.2, -0.15) is 11.8 Å². The molecule has 3 heterocycles. The first-order valence-electron chi connectivity index (χ1n) is 9.45. The Morgan fingerprint density at radius 1 is 1.19 bits per heavy atom. The number of likely N-dealkylation sites (N-methyl/N-ethyl adjacent to an activating group) is 1. The van der Waals surface area contributed by atoms with Crippen LogP contribution in [0.1, 0.15) is 25.8 Å². The molecule has 3 aliphatic rings. The number of hydrogen-bond acceptors (Lipinski definition) is 4. The van der Waals surface area contributed by atoms with Gasteiger partial charge in [0.05, 0.1) is 5.69 Å². The number of rotatable bonds is 4. The van der Waals surface area contributed by atoms with Gasteiger partial charge in [0.1, 0.15) is 17.9 Å². The number of quaternary nitrogens is 1. The highest BCUT2D eigenvalue weighted by atomic mass is 32.2. The zero-order valence-electron chi connectivity index (χ0n) is 16.1. The third-order valence-electron chi connectivity index (χ3n) is 6.36. The highest BCUT2D eigenvalue weighted by molar-refractivity contribution is 7.98. The summed E-state index contributed by atoms with van der Waals surface area (Å²) in [4.78, 5) is 43.1. The molecule has 1 spiro atoms. The van der Waals surface area contributed by atoms with Crippen molar-refractivity contribution in [2.45, 2.75) is 37.9 Å². The summed E-state index contributed by atoms with van der Waals surface area (Å²) in [6.45, 7) is 3.72. The van der Waals surface area contributed by atoms with Gasteiger partial charge >= 0.3 is 0 Å². The number of carbonyl (C=O) groups excluding carboxylic acids is 3. The summed E-state index contributed by atoms with van der Waals surface area (Å²) in [5.74, 6) is -0.555. The number of carbonyl (C=O) groups is 3. The van der Waals surface area contributed by atoms with E-state index in [0.717, 1.165) is 23.4 Å². The summed E-state index contributed by atoms with van der Waals surface area (Å²) >= 11 is 1.72. The number of para-hydroxylation sites is 1. The number of nitrogens with zero attached hydrogens (tertiary/aromatic N) is 2. The van der Waals surface area contributed by atoms with E-state index < -0.39 is 17.4 Å². The second-order valence-corrected chi connectivity index (χ2v) is 8.99. The van der Waals surface area contributed by atoms with Gasteiger partial charge in [0, 0.05) is 25.1 Å². The van der Waals surface area contributed by atoms with E-state index in [1.807, 2.05) is 49.7 Å². The van der Waals surface area contributed by atoms with Crippen molar-refractivity contribution in [1.29, 1.82) is 0 Å². The Bertz CT molecular complexity index is 826. The van der Waals surface area contributed by atoms with Crippen molar-refractivity contribution in [2.24, 2.45) is 11.8 Å². The third-order valence-corrected chi connectivity index (χ3v) is 7.00. The Morgan fingerprint density at radius 2 is 1.89 bits per heavy atom. The molecule has 27 heavy (non-hydrogen) atoms. The third kappa shape index (κ3) is 2.27. The maximum Gasteiger partial charge on any atom is 0.293 e. The van der Waals surface area contributed by atoms with E-state index in [1.54, 1.807) is 23.7 Å². The first-order chi connectivity index (χ1) is 12.9. The number of anilines is 1. The monoisotopic (exact) mass is 388 g/mol. The van der Waals surface area contributed by atoms with Gasteiger partial charge in [0.2, 0.25) is 17.4 Å². The lowest BCUT2D eigenvalue weighted by atomic mass is 9.76. The highest BCUT2D eigenvalue weighted by Crippen LogP contribution is 2.51. The second kappa shape index (κ2) is 6.34. The van der Waals surface area contributed by atoms with Crippen molar-refractivity contribution in [2.75, 3.05) is 24.0 Å². The Morgan fingerprint density at radius 3 is 2.56 bits per heavy atom. The van der Waals surface area contributed by atoms with Crippen molar-refractivity contribution in [1.82, 2.24) is 4.90 Å². The first-order valence-corrected chi connectivity index (χ1v) is 10.8. The lowest BCUT2D eigenvalue weighted by molar-refractivity contribution is -0.733. The maximum atomic E-state index is 13.5. The van der Waals surface area contributed by atoms with Crippen molar-refractivity contribution in [3.05, 3.63) is 29.8 Å². The van der Waals surface area contributed by atoms with Crippen molar-refractivity contribution < 1.29 is 19.7 Å². The van der Waals surface area contributed by atoms with Crippen LogP contribution in [0.25, 0.3) is 0 Å². The highest BCUT2D eigenvalue weighted by Gasteiger charge is 2.74. The summed E-state index contributed by atoms with van der Waals surface area (Å²) in [6, 6.07) is 7.41. The predicted molar refractivity (Wildman–Crippen MR) is 104 cm³/mol. The Labute approximate surface area is 163 Å². The number of fused-ring (bicyclic) bond motifs is 4. The summed E-state index contributed by atoms with van der Waals surface area (Å²) in [5, 5.41) is 2.04. The number of likely N-dealkylation sites (tertiary alicyclic amines) is 1. The van der Waals surface area contributed by atoms with Crippen LogP contribution >= 0.6 is 11.8 Å². The van der Waals surface area contributed by atoms with E-state index in [4.69, 9.17) is 0 Å². The van der Waals surface area contributed by atoms with Crippen LogP contribution in [0, 0.1) is 11.8 Å². The Kier molecular flexibility index (Phi) is 4.35. The van der Waals surface area contributed by atoms with Gasteiger partial charge in [-0.1, -0.05) is 18.2 Å². The van der Waals surface area contributed by atoms with Crippen LogP contribution in [0.15, 0.2) is 24.3 Å². The minimum Gasteiger partial charge on any atom is -0.326 e. The van der Waals surface area contributed by atoms with Crippen LogP contribution in [0.2, 0.25) is 0 Å². The van der Waals surface area contributed by atoms with Crippen LogP contribution in [0.4, 0.5) is 5.69 Å². The fourth-order valence-corrected chi connectivity index (χ4v) is 5.78. The van der Waals surface area contributed by atoms with Gasteiger partial charge in [-0.25, -0.2) is 0 Å². The Hall–Kier alpha value is -1.86. The van der Waals surface area contributed by atoms with Gasteiger partial charge in [-0.05, 0) is 31.9 Å². The van der Waals surface area contributed by atoms with Gasteiger partial charge in [-0.15, -0.1) is 0 Å². The van der Waals surface area contributed by atoms with E-state index in [9.17, 15) is 14.4 Å². The summed E-state index contributed by atoms with van der Waals surface area (Å²) in [5.41, 5.74) is 0.687. The van der Waals surface area contributed by atoms with Crippen LogP contribution < -0.4 is 10.2 Å². The predicted octanol–water partition coefficient (Wildman–Crippen LogP) is 0.567. The normalized spacial score (nSPS) is 32.2. The minimum absolute atomic E-state index is 0.0637. The van der Waals surface area contributed by atoms with E-state index in [-0.39, 0.29) is 29.8 Å². The van der Waals surface area contributed by atoms with Crippen molar-refractivity contribution in [3.8, 4) is 0 Å². The van der Waals surface area contributed by atoms with Crippen molar-refractivity contribution >= 4 is 35.2 Å². The number of hydrogen-bond donors (Lipinski definition) is 1. The molecule has 4 atom stereocenters. The minimum atomic E-state index is -1.02. The van der Waals surface area contributed by atoms with Gasteiger partial charge in [0.25, 0.3) is 5.91 Å². The van der Waals surface area contributed by atoms with E-state index in [0.29, 0.717) is 0 Å². The molecule has 2 N–H and O–H groups in total. The van der Waals surface area contributed by atoms with Gasteiger partial charge in [0.15, 0.2) is 0 Å². The average molecular weight is 389 g/mol. The fraction of sp³-hybridized carbons (Fsp3) is 0.550. The molecular formula is C20H26N3O3S+. The van der Waals surface area contributed by atoms with Crippen LogP contribution in [0.3, 0.4) is 0 Å². The molecule has 4 rings (SSSR count). The largest absolute Gasteiger partial charge is 0.326 e.